The second-order valence-electron chi connectivity index (χ2n) is 5.29. The maximum Gasteiger partial charge on any atom is 0.215 e. The fraction of sp³-hybridized carbons (Fsp3) is 0.769. The molecule has 1 aromatic rings. The SMILES string of the molecule is CNS(=O)(=O)C1CCN(Cc2ccnn2CCCOC)C1. The number of rotatable bonds is 8. The summed E-state index contributed by atoms with van der Waals surface area (Å²) in [5, 5.41) is 4.01. The van der Waals surface area contributed by atoms with Crippen molar-refractivity contribution < 1.29 is 13.2 Å². The Kier molecular flexibility index (Phi) is 5.74. The molecule has 2 heterocycles. The Morgan fingerprint density at radius 1 is 1.52 bits per heavy atom. The summed E-state index contributed by atoms with van der Waals surface area (Å²) in [6.07, 6.45) is 3.39. The molecule has 0 aromatic carbocycles. The lowest BCUT2D eigenvalue weighted by atomic mass is 10.3. The third kappa shape index (κ3) is 4.26. The summed E-state index contributed by atoms with van der Waals surface area (Å²) >= 11 is 0. The standard InChI is InChI=1S/C13H24N4O3S/c1-14-21(18,19)13-5-8-16(11-13)10-12-4-6-15-17(12)7-3-9-20-2/h4,6,13-14H,3,5,7-11H2,1-2H3. The quantitative estimate of drug-likeness (QED) is 0.686. The van der Waals surface area contributed by atoms with Gasteiger partial charge in [-0.2, -0.15) is 5.10 Å². The van der Waals surface area contributed by atoms with E-state index in [2.05, 4.69) is 14.7 Å². The number of sulfonamides is 1. The molecule has 1 fully saturated rings. The summed E-state index contributed by atoms with van der Waals surface area (Å²) in [6.45, 7) is 3.65. The van der Waals surface area contributed by atoms with E-state index in [4.69, 9.17) is 4.74 Å². The molecule has 21 heavy (non-hydrogen) atoms. The largest absolute Gasteiger partial charge is 0.385 e. The van der Waals surface area contributed by atoms with Crippen molar-refractivity contribution >= 4 is 10.0 Å². The van der Waals surface area contributed by atoms with Gasteiger partial charge in [-0.15, -0.1) is 0 Å². The third-order valence-corrected chi connectivity index (χ3v) is 5.69. The number of methoxy groups -OCH3 is 1. The lowest BCUT2D eigenvalue weighted by Gasteiger charge is -2.17. The van der Waals surface area contributed by atoms with Crippen molar-refractivity contribution in [1.29, 1.82) is 0 Å². The highest BCUT2D eigenvalue weighted by atomic mass is 32.2. The average Bonchev–Trinajstić information content (AvgIpc) is 3.10. The molecule has 0 amide bonds. The molecule has 120 valence electrons. The Balaban J connectivity index is 1.90. The van der Waals surface area contributed by atoms with E-state index in [1.807, 2.05) is 10.7 Å². The Morgan fingerprint density at radius 3 is 3.05 bits per heavy atom. The zero-order valence-electron chi connectivity index (χ0n) is 12.7. The summed E-state index contributed by atoms with van der Waals surface area (Å²) < 4.78 is 33.1. The molecule has 0 aliphatic carbocycles. The van der Waals surface area contributed by atoms with Gasteiger partial charge >= 0.3 is 0 Å². The van der Waals surface area contributed by atoms with Gasteiger partial charge in [0.05, 0.1) is 10.9 Å². The Bertz CT molecular complexity index is 543. The van der Waals surface area contributed by atoms with Gasteiger partial charge in [0.15, 0.2) is 0 Å². The van der Waals surface area contributed by atoms with Crippen LogP contribution in [0.1, 0.15) is 18.5 Å². The van der Waals surface area contributed by atoms with Crippen molar-refractivity contribution in [2.45, 2.75) is 31.2 Å². The number of hydrogen-bond acceptors (Lipinski definition) is 5. The van der Waals surface area contributed by atoms with E-state index in [0.29, 0.717) is 19.6 Å². The van der Waals surface area contributed by atoms with Crippen molar-refractivity contribution in [2.75, 3.05) is 33.9 Å². The first-order valence-corrected chi connectivity index (χ1v) is 8.76. The molecule has 0 radical (unpaired) electrons. The van der Waals surface area contributed by atoms with Gasteiger partial charge in [0.2, 0.25) is 10.0 Å². The number of likely N-dealkylation sites (tertiary alicyclic amines) is 1. The molecule has 7 nitrogen and oxygen atoms in total. The van der Waals surface area contributed by atoms with E-state index in [1.54, 1.807) is 13.3 Å². The van der Waals surface area contributed by atoms with Crippen LogP contribution in [0.25, 0.3) is 0 Å². The third-order valence-electron chi connectivity index (χ3n) is 3.86. The molecule has 1 atom stereocenters. The first-order valence-electron chi connectivity index (χ1n) is 7.21. The van der Waals surface area contributed by atoms with Crippen LogP contribution >= 0.6 is 0 Å². The molecular formula is C13H24N4O3S. The first kappa shape index (κ1) is 16.4. The molecule has 1 aromatic heterocycles. The molecule has 2 rings (SSSR count). The monoisotopic (exact) mass is 316 g/mol. The van der Waals surface area contributed by atoms with Gasteiger partial charge in [-0.3, -0.25) is 9.58 Å². The summed E-state index contributed by atoms with van der Waals surface area (Å²) in [6, 6.07) is 1.99. The zero-order chi connectivity index (χ0) is 15.3. The predicted octanol–water partition coefficient (Wildman–Crippen LogP) is 0.0431. The second kappa shape index (κ2) is 7.35. The van der Waals surface area contributed by atoms with E-state index in [-0.39, 0.29) is 5.25 Å². The van der Waals surface area contributed by atoms with E-state index >= 15 is 0 Å². The number of aromatic nitrogens is 2. The zero-order valence-corrected chi connectivity index (χ0v) is 13.5. The molecule has 1 aliphatic heterocycles. The minimum Gasteiger partial charge on any atom is -0.385 e. The molecule has 0 saturated carbocycles. The second-order valence-corrected chi connectivity index (χ2v) is 7.45. The van der Waals surface area contributed by atoms with Gasteiger partial charge < -0.3 is 4.74 Å². The molecule has 0 bridgehead atoms. The van der Waals surface area contributed by atoms with Gasteiger partial charge in [-0.25, -0.2) is 13.1 Å². The van der Waals surface area contributed by atoms with Crippen LogP contribution in [0, 0.1) is 0 Å². The highest BCUT2D eigenvalue weighted by Gasteiger charge is 2.32. The number of ether oxygens (including phenoxy) is 1. The predicted molar refractivity (Wildman–Crippen MR) is 80.4 cm³/mol. The summed E-state index contributed by atoms with van der Waals surface area (Å²) in [4.78, 5) is 2.17. The van der Waals surface area contributed by atoms with Crippen molar-refractivity contribution in [2.24, 2.45) is 0 Å². The average molecular weight is 316 g/mol. The maximum absolute atomic E-state index is 11.8. The Labute approximate surface area is 126 Å². The highest BCUT2D eigenvalue weighted by Crippen LogP contribution is 2.18. The molecule has 1 unspecified atom stereocenters. The maximum atomic E-state index is 11.8. The number of nitrogens with one attached hydrogen (secondary N) is 1. The molecule has 1 N–H and O–H groups in total. The Morgan fingerprint density at radius 2 is 2.33 bits per heavy atom. The molecule has 1 aliphatic rings. The first-order chi connectivity index (χ1) is 10.1. The van der Waals surface area contributed by atoms with Gasteiger partial charge in [-0.1, -0.05) is 0 Å². The highest BCUT2D eigenvalue weighted by molar-refractivity contribution is 7.90. The lowest BCUT2D eigenvalue weighted by molar-refractivity contribution is 0.188. The minimum atomic E-state index is -3.17. The van der Waals surface area contributed by atoms with Gasteiger partial charge in [-0.05, 0) is 32.5 Å². The molecular weight excluding hydrogens is 292 g/mol. The van der Waals surface area contributed by atoms with E-state index in [1.165, 1.54) is 7.05 Å². The summed E-state index contributed by atoms with van der Waals surface area (Å²) in [7, 11) is -0.00194. The molecule has 8 heteroatoms. The van der Waals surface area contributed by atoms with Crippen molar-refractivity contribution in [3.05, 3.63) is 18.0 Å². The lowest BCUT2D eigenvalue weighted by Crippen LogP contribution is -2.34. The van der Waals surface area contributed by atoms with Crippen molar-refractivity contribution in [3.63, 3.8) is 0 Å². The fourth-order valence-electron chi connectivity index (χ4n) is 2.64. The van der Waals surface area contributed by atoms with Gasteiger partial charge in [0, 0.05) is 39.5 Å². The van der Waals surface area contributed by atoms with Gasteiger partial charge in [0.1, 0.15) is 0 Å². The summed E-state index contributed by atoms with van der Waals surface area (Å²) in [5.74, 6) is 0. The topological polar surface area (TPSA) is 76.5 Å². The molecule has 0 spiro atoms. The fourth-order valence-corrected chi connectivity index (χ4v) is 3.80. The van der Waals surface area contributed by atoms with Gasteiger partial charge in [0.25, 0.3) is 0 Å². The smallest absolute Gasteiger partial charge is 0.215 e. The van der Waals surface area contributed by atoms with E-state index in [9.17, 15) is 8.42 Å². The van der Waals surface area contributed by atoms with Crippen LogP contribution in [0.5, 0.6) is 0 Å². The number of aryl methyl sites for hydroxylation is 1. The minimum absolute atomic E-state index is 0.313. The van der Waals surface area contributed by atoms with E-state index in [0.717, 1.165) is 31.7 Å². The molecule has 1 saturated heterocycles. The van der Waals surface area contributed by atoms with Crippen LogP contribution < -0.4 is 4.72 Å². The number of hydrogen-bond donors (Lipinski definition) is 1. The van der Waals surface area contributed by atoms with Crippen molar-refractivity contribution in [1.82, 2.24) is 19.4 Å². The van der Waals surface area contributed by atoms with Crippen LogP contribution in [-0.4, -0.2) is 62.2 Å². The van der Waals surface area contributed by atoms with Crippen LogP contribution in [0.2, 0.25) is 0 Å². The van der Waals surface area contributed by atoms with Crippen LogP contribution in [0.4, 0.5) is 0 Å². The normalized spacial score (nSPS) is 20.2. The summed E-state index contributed by atoms with van der Waals surface area (Å²) in [5.41, 5.74) is 1.12. The van der Waals surface area contributed by atoms with Crippen LogP contribution in [0.3, 0.4) is 0 Å². The van der Waals surface area contributed by atoms with Crippen LogP contribution in [0.15, 0.2) is 12.3 Å². The van der Waals surface area contributed by atoms with Crippen LogP contribution in [-0.2, 0) is 27.8 Å². The van der Waals surface area contributed by atoms with Crippen molar-refractivity contribution in [3.8, 4) is 0 Å². The van der Waals surface area contributed by atoms with E-state index < -0.39 is 10.0 Å². The Hall–Kier alpha value is -0.960. The number of nitrogens with zero attached hydrogens (tertiary/aromatic N) is 3.